The highest BCUT2D eigenvalue weighted by Crippen LogP contribution is 2.50. The predicted octanol–water partition coefficient (Wildman–Crippen LogP) is 21.1. The number of fused-ring (bicyclic) bond motifs is 13. The molecule has 0 aliphatic heterocycles. The lowest BCUT2D eigenvalue weighted by Gasteiger charge is -2.27. The molecule has 12 aromatic carbocycles. The minimum Gasteiger partial charge on any atom is -0.453 e. The number of aryl methyl sites for hydroxylation is 2. The lowest BCUT2D eigenvalue weighted by atomic mass is 9.98. The van der Waals surface area contributed by atoms with Gasteiger partial charge in [0.15, 0.2) is 11.2 Å². The van der Waals surface area contributed by atoms with E-state index in [4.69, 9.17) is 8.83 Å². The Hall–Kier alpha value is -9.42. The minimum atomic E-state index is 0.858. The molecule has 354 valence electrons. The van der Waals surface area contributed by atoms with Crippen LogP contribution in [0.5, 0.6) is 0 Å². The molecule has 0 radical (unpaired) electrons. The zero-order valence-corrected chi connectivity index (χ0v) is 42.0. The number of rotatable bonds is 8. The Morgan fingerprint density at radius 1 is 0.307 bits per heavy atom. The molecule has 0 fully saturated rings. The molecule has 3 heterocycles. The number of anilines is 6. The molecule has 5 heteroatoms. The molecule has 0 aliphatic rings. The molecular formula is C70H46N2O2S. The van der Waals surface area contributed by atoms with Crippen molar-refractivity contribution in [2.24, 2.45) is 0 Å². The van der Waals surface area contributed by atoms with Gasteiger partial charge in [-0.15, -0.1) is 11.3 Å². The SMILES string of the molecule is Cc1ccccc1N(c1ccc2c(ccc3sc4ccc5cc(N(c6ccccc6C)c6cccc7c6oc6c(-c8ccccc8)cccc67)ccc5c4c32)c1)c1cccc2c1oc1c(-c3ccccc3)cccc12. The van der Waals surface area contributed by atoms with Crippen LogP contribution in [-0.2, 0) is 0 Å². The first-order valence-corrected chi connectivity index (χ1v) is 26.4. The molecule has 0 N–H and O–H groups in total. The van der Waals surface area contributed by atoms with Gasteiger partial charge in [-0.05, 0) is 118 Å². The van der Waals surface area contributed by atoms with E-state index in [0.717, 1.165) is 100 Å². The standard InChI is InChI=1S/C70H46N2O2S/c1-43-17-9-11-29-59(43)71(61-31-15-27-57-55-25-13-23-53(67(55)73-69(57)61)45-19-5-3-6-20-45)49-35-37-51-47(41-49)33-39-63-65(51)66-52-38-36-50(42-48(52)34-40-64(66)75-63)72(60-30-12-10-18-44(60)2)62-32-16-28-58-56-26-14-24-54(68(56)74-70(58)62)46-21-7-4-8-22-46/h3-42H,1-2H3. The summed E-state index contributed by atoms with van der Waals surface area (Å²) in [5.74, 6) is 0. The molecule has 15 aromatic rings. The highest BCUT2D eigenvalue weighted by molar-refractivity contribution is 7.26. The number of thiophene rings is 1. The van der Waals surface area contributed by atoms with Crippen molar-refractivity contribution in [2.45, 2.75) is 13.8 Å². The van der Waals surface area contributed by atoms with Crippen LogP contribution in [0.15, 0.2) is 251 Å². The van der Waals surface area contributed by atoms with Gasteiger partial charge in [-0.2, -0.15) is 0 Å². The average molecular weight is 979 g/mol. The second-order valence-corrected chi connectivity index (χ2v) is 20.7. The van der Waals surface area contributed by atoms with E-state index < -0.39 is 0 Å². The summed E-state index contributed by atoms with van der Waals surface area (Å²) in [6.07, 6.45) is 0. The second kappa shape index (κ2) is 17.1. The zero-order valence-electron chi connectivity index (χ0n) is 41.2. The van der Waals surface area contributed by atoms with E-state index in [1.807, 2.05) is 11.3 Å². The van der Waals surface area contributed by atoms with Crippen LogP contribution in [-0.4, -0.2) is 0 Å². The number of benzene rings is 12. The first-order chi connectivity index (χ1) is 37.0. The van der Waals surface area contributed by atoms with Gasteiger partial charge >= 0.3 is 0 Å². The Bertz CT molecular complexity index is 4460. The Morgan fingerprint density at radius 2 is 0.693 bits per heavy atom. The van der Waals surface area contributed by atoms with Crippen LogP contribution in [0.2, 0.25) is 0 Å². The van der Waals surface area contributed by atoms with E-state index in [0.29, 0.717) is 0 Å². The molecule has 0 unspecified atom stereocenters. The van der Waals surface area contributed by atoms with Gasteiger partial charge in [0.2, 0.25) is 0 Å². The molecule has 4 nitrogen and oxygen atoms in total. The van der Waals surface area contributed by atoms with Crippen molar-refractivity contribution in [3.8, 4) is 22.3 Å². The summed E-state index contributed by atoms with van der Waals surface area (Å²) in [6, 6.07) is 87.5. The van der Waals surface area contributed by atoms with E-state index in [-0.39, 0.29) is 0 Å². The number of para-hydroxylation sites is 6. The smallest absolute Gasteiger partial charge is 0.159 e. The first kappa shape index (κ1) is 43.2. The van der Waals surface area contributed by atoms with Crippen LogP contribution in [0.1, 0.15) is 11.1 Å². The van der Waals surface area contributed by atoms with Crippen molar-refractivity contribution in [3.63, 3.8) is 0 Å². The highest BCUT2D eigenvalue weighted by Gasteiger charge is 2.25. The average Bonchev–Trinajstić information content (AvgIpc) is 4.18. The fraction of sp³-hybridized carbons (Fsp3) is 0.0286. The molecule has 3 aromatic heterocycles. The summed E-state index contributed by atoms with van der Waals surface area (Å²) in [7, 11) is 0. The fourth-order valence-corrected chi connectivity index (χ4v) is 12.9. The van der Waals surface area contributed by atoms with Crippen molar-refractivity contribution in [1.82, 2.24) is 0 Å². The van der Waals surface area contributed by atoms with Crippen molar-refractivity contribution >= 4 is 131 Å². The lowest BCUT2D eigenvalue weighted by Crippen LogP contribution is -2.11. The van der Waals surface area contributed by atoms with Crippen LogP contribution < -0.4 is 9.80 Å². The third-order valence-electron chi connectivity index (χ3n) is 15.3. The van der Waals surface area contributed by atoms with Crippen molar-refractivity contribution in [2.75, 3.05) is 9.80 Å². The van der Waals surface area contributed by atoms with Gasteiger partial charge in [-0.3, -0.25) is 0 Å². The van der Waals surface area contributed by atoms with Gasteiger partial charge in [0.05, 0.1) is 11.4 Å². The molecule has 0 saturated heterocycles. The number of furan rings is 2. The number of hydrogen-bond acceptors (Lipinski definition) is 5. The van der Waals surface area contributed by atoms with Gasteiger partial charge in [-0.1, -0.05) is 182 Å². The largest absolute Gasteiger partial charge is 0.453 e. The molecule has 0 atom stereocenters. The van der Waals surface area contributed by atoms with E-state index >= 15 is 0 Å². The molecule has 0 amide bonds. The maximum absolute atomic E-state index is 7.04. The number of nitrogens with zero attached hydrogens (tertiary/aromatic N) is 2. The minimum absolute atomic E-state index is 0.858. The zero-order chi connectivity index (χ0) is 49.7. The van der Waals surface area contributed by atoms with Gasteiger partial charge < -0.3 is 18.6 Å². The maximum Gasteiger partial charge on any atom is 0.159 e. The van der Waals surface area contributed by atoms with Crippen molar-refractivity contribution in [3.05, 3.63) is 254 Å². The summed E-state index contributed by atoms with van der Waals surface area (Å²) >= 11 is 1.86. The van der Waals surface area contributed by atoms with Crippen LogP contribution in [0.3, 0.4) is 0 Å². The third kappa shape index (κ3) is 6.82. The third-order valence-corrected chi connectivity index (χ3v) is 16.4. The molecule has 75 heavy (non-hydrogen) atoms. The Morgan fingerprint density at radius 3 is 1.13 bits per heavy atom. The monoisotopic (exact) mass is 978 g/mol. The van der Waals surface area contributed by atoms with Gasteiger partial charge in [0, 0.05) is 75.6 Å². The molecule has 15 rings (SSSR count). The summed E-state index contributed by atoms with van der Waals surface area (Å²) in [4.78, 5) is 4.76. The normalized spacial score (nSPS) is 11.9. The van der Waals surface area contributed by atoms with Crippen LogP contribution in [0.25, 0.3) is 108 Å². The first-order valence-electron chi connectivity index (χ1n) is 25.6. The topological polar surface area (TPSA) is 32.8 Å². The van der Waals surface area contributed by atoms with E-state index in [2.05, 4.69) is 266 Å². The molecule has 0 saturated carbocycles. The quantitative estimate of drug-likeness (QED) is 0.152. The Kier molecular flexibility index (Phi) is 9.84. The van der Waals surface area contributed by atoms with Crippen molar-refractivity contribution < 1.29 is 8.83 Å². The highest BCUT2D eigenvalue weighted by atomic mass is 32.1. The summed E-state index contributed by atoms with van der Waals surface area (Å²) in [6.45, 7) is 4.38. The predicted molar refractivity (Wildman–Crippen MR) is 319 cm³/mol. The van der Waals surface area contributed by atoms with Crippen LogP contribution in [0, 0.1) is 13.8 Å². The lowest BCUT2D eigenvalue weighted by molar-refractivity contribution is 0.670. The second-order valence-electron chi connectivity index (χ2n) is 19.6. The summed E-state index contributed by atoms with van der Waals surface area (Å²) < 4.78 is 16.6. The maximum atomic E-state index is 7.04. The van der Waals surface area contributed by atoms with Gasteiger partial charge in [-0.25, -0.2) is 0 Å². The fourth-order valence-electron chi connectivity index (χ4n) is 11.8. The van der Waals surface area contributed by atoms with E-state index in [1.165, 1.54) is 52.8 Å². The summed E-state index contributed by atoms with van der Waals surface area (Å²) in [5.41, 5.74) is 16.6. The number of hydrogen-bond donors (Lipinski definition) is 0. The van der Waals surface area contributed by atoms with Crippen LogP contribution >= 0.6 is 11.3 Å². The Balaban J connectivity index is 0.890. The molecular weight excluding hydrogens is 933 g/mol. The van der Waals surface area contributed by atoms with Crippen molar-refractivity contribution in [1.29, 1.82) is 0 Å². The molecule has 0 bridgehead atoms. The Labute approximate surface area is 437 Å². The van der Waals surface area contributed by atoms with Gasteiger partial charge in [0.25, 0.3) is 0 Å². The van der Waals surface area contributed by atoms with E-state index in [1.54, 1.807) is 0 Å². The van der Waals surface area contributed by atoms with Gasteiger partial charge in [0.1, 0.15) is 11.2 Å². The summed E-state index contributed by atoms with van der Waals surface area (Å²) in [5, 5.41) is 11.8. The van der Waals surface area contributed by atoms with E-state index in [9.17, 15) is 0 Å². The molecule has 0 aliphatic carbocycles. The molecule has 0 spiro atoms. The van der Waals surface area contributed by atoms with Crippen LogP contribution in [0.4, 0.5) is 34.1 Å².